The molecule has 0 aromatic carbocycles. The molecule has 1 fully saturated rings. The molecule has 0 nitrogen and oxygen atoms in total. The molecule has 0 aliphatic carbocycles. The van der Waals surface area contributed by atoms with Crippen molar-refractivity contribution in [2.24, 2.45) is 5.92 Å². The minimum atomic E-state index is -0.661. The summed E-state index contributed by atoms with van der Waals surface area (Å²) in [6, 6.07) is 2.76. The van der Waals surface area contributed by atoms with Crippen molar-refractivity contribution >= 4 is 19.2 Å². The molecule has 1 heterocycles. The lowest BCUT2D eigenvalue weighted by molar-refractivity contribution is 0.521. The second-order valence-corrected chi connectivity index (χ2v) is 7.06. The second-order valence-electron chi connectivity index (χ2n) is 2.86. The van der Waals surface area contributed by atoms with Crippen molar-refractivity contribution in [2.45, 2.75) is 31.9 Å². The lowest BCUT2D eigenvalue weighted by atomic mass is 10.1. The van der Waals surface area contributed by atoms with Crippen molar-refractivity contribution in [3.8, 4) is 0 Å². The van der Waals surface area contributed by atoms with Crippen LogP contribution in [0.4, 0.5) is 0 Å². The average molecular weight is 149 g/mol. The maximum atomic E-state index is 6.02. The first-order valence-electron chi connectivity index (χ1n) is 3.43. The normalized spacial score (nSPS) is 39.8. The Morgan fingerprint density at radius 1 is 1.38 bits per heavy atom. The fraction of sp³-hybridized carbons (Fsp3) is 1.00. The molecular weight excluding hydrogens is 136 g/mol. The van der Waals surface area contributed by atoms with Crippen molar-refractivity contribution < 1.29 is 0 Å². The minimum absolute atomic E-state index is 0.661. The molecule has 1 saturated heterocycles. The third-order valence-electron chi connectivity index (χ3n) is 1.95. The molecule has 0 atom stereocenters. The molecule has 0 aromatic rings. The van der Waals surface area contributed by atoms with Crippen LogP contribution in [0.25, 0.3) is 0 Å². The van der Waals surface area contributed by atoms with Gasteiger partial charge in [-0.05, 0) is 18.0 Å². The zero-order valence-corrected chi connectivity index (χ0v) is 7.27. The van der Waals surface area contributed by atoms with E-state index in [1.165, 1.54) is 24.9 Å². The van der Waals surface area contributed by atoms with Crippen molar-refractivity contribution in [3.05, 3.63) is 0 Å². The molecule has 0 N–H and O–H groups in total. The van der Waals surface area contributed by atoms with E-state index in [0.29, 0.717) is 0 Å². The smallest absolute Gasteiger partial charge is 0.141 e. The zero-order valence-electron chi connectivity index (χ0n) is 5.36. The Hall–Kier alpha value is 0.507. The maximum absolute atomic E-state index is 6.02. The van der Waals surface area contributed by atoms with E-state index < -0.39 is 8.11 Å². The van der Waals surface area contributed by atoms with Crippen LogP contribution in [-0.4, -0.2) is 8.11 Å². The molecule has 1 rings (SSSR count). The molecule has 48 valence electrons. The van der Waals surface area contributed by atoms with Gasteiger partial charge < -0.3 is 0 Å². The first-order chi connectivity index (χ1) is 3.79. The van der Waals surface area contributed by atoms with Gasteiger partial charge in [-0.1, -0.05) is 19.8 Å². The van der Waals surface area contributed by atoms with Crippen LogP contribution in [0, 0.1) is 5.92 Å². The molecule has 0 amide bonds. The van der Waals surface area contributed by atoms with E-state index in [-0.39, 0.29) is 0 Å². The largest absolute Gasteiger partial charge is 0.172 e. The first-order valence-corrected chi connectivity index (χ1v) is 6.81. The van der Waals surface area contributed by atoms with Gasteiger partial charge in [-0.2, -0.15) is 11.1 Å². The van der Waals surface area contributed by atoms with Crippen molar-refractivity contribution in [2.75, 3.05) is 0 Å². The van der Waals surface area contributed by atoms with E-state index in [2.05, 4.69) is 6.92 Å². The average Bonchev–Trinajstić information content (AvgIpc) is 1.77. The number of hydrogen-bond acceptors (Lipinski definition) is 0. The van der Waals surface area contributed by atoms with Gasteiger partial charge in [-0.3, -0.25) is 0 Å². The van der Waals surface area contributed by atoms with Crippen LogP contribution < -0.4 is 0 Å². The molecule has 1 aliphatic heterocycles. The fourth-order valence-corrected chi connectivity index (χ4v) is 4.13. The van der Waals surface area contributed by atoms with E-state index in [1.54, 1.807) is 0 Å². The number of halogens is 1. The summed E-state index contributed by atoms with van der Waals surface area (Å²) in [6.07, 6.45) is 2.81. The predicted octanol–water partition coefficient (Wildman–Crippen LogP) is 2.38. The Morgan fingerprint density at radius 3 is 2.25 bits per heavy atom. The molecular formula is C6H13ClSi. The standard InChI is InChI=1S/C6H13ClSi/c1-6-2-4-8(7)5-3-6/h6,8H,2-5H2,1H3. The molecule has 1 aliphatic rings. The summed E-state index contributed by atoms with van der Waals surface area (Å²) in [6.45, 7) is 2.33. The van der Waals surface area contributed by atoms with Gasteiger partial charge in [-0.25, -0.2) is 0 Å². The van der Waals surface area contributed by atoms with Gasteiger partial charge in [0.2, 0.25) is 0 Å². The Balaban J connectivity index is 2.19. The molecule has 8 heavy (non-hydrogen) atoms. The van der Waals surface area contributed by atoms with Gasteiger partial charge in [-0.15, -0.1) is 0 Å². The lowest BCUT2D eigenvalue weighted by Gasteiger charge is -2.19. The summed E-state index contributed by atoms with van der Waals surface area (Å²) in [5.41, 5.74) is 0. The molecule has 0 radical (unpaired) electrons. The van der Waals surface area contributed by atoms with Crippen LogP contribution in [0.2, 0.25) is 12.1 Å². The molecule has 0 bridgehead atoms. The van der Waals surface area contributed by atoms with Crippen LogP contribution in [0.3, 0.4) is 0 Å². The van der Waals surface area contributed by atoms with Crippen molar-refractivity contribution in [3.63, 3.8) is 0 Å². The zero-order chi connectivity index (χ0) is 5.98. The first kappa shape index (κ1) is 6.62. The topological polar surface area (TPSA) is 0 Å². The second kappa shape index (κ2) is 2.88. The van der Waals surface area contributed by atoms with Gasteiger partial charge in [0.15, 0.2) is 0 Å². The lowest BCUT2D eigenvalue weighted by Crippen LogP contribution is -2.13. The quantitative estimate of drug-likeness (QED) is 0.366. The number of rotatable bonds is 0. The molecule has 0 spiro atoms. The predicted molar refractivity (Wildman–Crippen MR) is 41.0 cm³/mol. The van der Waals surface area contributed by atoms with Gasteiger partial charge in [0.1, 0.15) is 8.11 Å². The van der Waals surface area contributed by atoms with E-state index in [1.807, 2.05) is 0 Å². The van der Waals surface area contributed by atoms with Crippen LogP contribution in [-0.2, 0) is 0 Å². The molecule has 2 heteroatoms. The summed E-state index contributed by atoms with van der Waals surface area (Å²) < 4.78 is 0. The monoisotopic (exact) mass is 148 g/mol. The van der Waals surface area contributed by atoms with Crippen molar-refractivity contribution in [1.82, 2.24) is 0 Å². The van der Waals surface area contributed by atoms with E-state index in [0.717, 1.165) is 5.92 Å². The van der Waals surface area contributed by atoms with Crippen molar-refractivity contribution in [1.29, 1.82) is 0 Å². The SMILES string of the molecule is CC1CC[SiH](Cl)CC1. The highest BCUT2D eigenvalue weighted by atomic mass is 35.6. The van der Waals surface area contributed by atoms with Crippen LogP contribution in [0.15, 0.2) is 0 Å². The van der Waals surface area contributed by atoms with Gasteiger partial charge in [0, 0.05) is 0 Å². The Morgan fingerprint density at radius 2 is 1.88 bits per heavy atom. The highest BCUT2D eigenvalue weighted by molar-refractivity contribution is 7.07. The summed E-state index contributed by atoms with van der Waals surface area (Å²) in [7, 11) is -0.661. The Kier molecular flexibility index (Phi) is 2.38. The van der Waals surface area contributed by atoms with Gasteiger partial charge in [0.05, 0.1) is 0 Å². The van der Waals surface area contributed by atoms with Gasteiger partial charge >= 0.3 is 0 Å². The Bertz CT molecular complexity index is 56.9. The highest BCUT2D eigenvalue weighted by Gasteiger charge is 2.16. The third-order valence-corrected chi connectivity index (χ3v) is 5.17. The summed E-state index contributed by atoms with van der Waals surface area (Å²) >= 11 is 6.02. The summed E-state index contributed by atoms with van der Waals surface area (Å²) in [5.74, 6) is 0.970. The maximum Gasteiger partial charge on any atom is 0.141 e. The Labute approximate surface area is 57.5 Å². The van der Waals surface area contributed by atoms with E-state index >= 15 is 0 Å². The summed E-state index contributed by atoms with van der Waals surface area (Å²) in [5, 5.41) is 0. The third kappa shape index (κ3) is 1.79. The number of hydrogen-bond donors (Lipinski definition) is 0. The van der Waals surface area contributed by atoms with Crippen LogP contribution in [0.5, 0.6) is 0 Å². The fourth-order valence-electron chi connectivity index (χ4n) is 1.22. The highest BCUT2D eigenvalue weighted by Crippen LogP contribution is 2.25. The van der Waals surface area contributed by atoms with Crippen LogP contribution >= 0.6 is 11.1 Å². The summed E-state index contributed by atoms with van der Waals surface area (Å²) in [4.78, 5) is 0. The molecule has 0 aromatic heterocycles. The minimum Gasteiger partial charge on any atom is -0.172 e. The molecule has 0 saturated carbocycles. The molecule has 0 unspecified atom stereocenters. The van der Waals surface area contributed by atoms with E-state index in [4.69, 9.17) is 11.1 Å². The van der Waals surface area contributed by atoms with E-state index in [9.17, 15) is 0 Å². The van der Waals surface area contributed by atoms with Crippen LogP contribution in [0.1, 0.15) is 19.8 Å². The van der Waals surface area contributed by atoms with Gasteiger partial charge in [0.25, 0.3) is 0 Å².